The molecular formula is C14H10BrFN2O3. The first-order chi connectivity index (χ1) is 9.99. The van der Waals surface area contributed by atoms with E-state index in [1.807, 2.05) is 0 Å². The molecule has 0 spiro atoms. The summed E-state index contributed by atoms with van der Waals surface area (Å²) in [6, 6.07) is 10.0. The molecule has 7 heteroatoms. The standard InChI is InChI=1S/C14H10BrFN2O3/c15-13-11(2-1-3-12(13)16)14(19)17-8-9-4-6-10(7-5-9)18(20)21/h1-7H,8H2,(H,17,19). The Labute approximate surface area is 128 Å². The van der Waals surface area contributed by atoms with E-state index in [2.05, 4.69) is 21.2 Å². The van der Waals surface area contributed by atoms with E-state index in [0.717, 1.165) is 0 Å². The quantitative estimate of drug-likeness (QED) is 0.676. The van der Waals surface area contributed by atoms with Crippen LogP contribution in [0.5, 0.6) is 0 Å². The van der Waals surface area contributed by atoms with Crippen molar-refractivity contribution < 1.29 is 14.1 Å². The van der Waals surface area contributed by atoms with Crippen LogP contribution in [0.1, 0.15) is 15.9 Å². The first-order valence-electron chi connectivity index (χ1n) is 5.94. The molecule has 0 aromatic heterocycles. The first kappa shape index (κ1) is 15.1. The Hall–Kier alpha value is -2.28. The maximum Gasteiger partial charge on any atom is 0.269 e. The Bertz CT molecular complexity index is 689. The Morgan fingerprint density at radius 2 is 1.90 bits per heavy atom. The smallest absolute Gasteiger partial charge is 0.269 e. The second kappa shape index (κ2) is 6.45. The van der Waals surface area contributed by atoms with Gasteiger partial charge in [-0.2, -0.15) is 0 Å². The first-order valence-corrected chi connectivity index (χ1v) is 6.74. The third-order valence-corrected chi connectivity index (χ3v) is 3.60. The Morgan fingerprint density at radius 1 is 1.24 bits per heavy atom. The summed E-state index contributed by atoms with van der Waals surface area (Å²) in [6.07, 6.45) is 0. The van der Waals surface area contributed by atoms with Gasteiger partial charge in [0.2, 0.25) is 0 Å². The minimum absolute atomic E-state index is 0.0158. The number of nitro benzene ring substituents is 1. The number of hydrogen-bond donors (Lipinski definition) is 1. The number of halogens is 2. The van der Waals surface area contributed by atoms with Gasteiger partial charge in [0.25, 0.3) is 11.6 Å². The van der Waals surface area contributed by atoms with Crippen molar-refractivity contribution in [3.8, 4) is 0 Å². The Morgan fingerprint density at radius 3 is 2.52 bits per heavy atom. The van der Waals surface area contributed by atoms with Crippen molar-refractivity contribution in [2.75, 3.05) is 0 Å². The van der Waals surface area contributed by atoms with E-state index in [0.29, 0.717) is 5.56 Å². The number of nitrogens with zero attached hydrogens (tertiary/aromatic N) is 1. The fourth-order valence-electron chi connectivity index (χ4n) is 1.69. The van der Waals surface area contributed by atoms with Crippen molar-refractivity contribution in [3.05, 3.63) is 74.0 Å². The highest BCUT2D eigenvalue weighted by atomic mass is 79.9. The van der Waals surface area contributed by atoms with E-state index in [9.17, 15) is 19.3 Å². The highest BCUT2D eigenvalue weighted by Crippen LogP contribution is 2.20. The van der Waals surface area contributed by atoms with Crippen molar-refractivity contribution in [2.45, 2.75) is 6.54 Å². The van der Waals surface area contributed by atoms with E-state index in [1.54, 1.807) is 12.1 Å². The summed E-state index contributed by atoms with van der Waals surface area (Å²) in [5.41, 5.74) is 0.885. The molecule has 5 nitrogen and oxygen atoms in total. The van der Waals surface area contributed by atoms with Crippen molar-refractivity contribution >= 4 is 27.5 Å². The van der Waals surface area contributed by atoms with Gasteiger partial charge in [-0.3, -0.25) is 14.9 Å². The molecule has 0 aliphatic heterocycles. The van der Waals surface area contributed by atoms with Gasteiger partial charge in [-0.15, -0.1) is 0 Å². The molecule has 0 aliphatic carbocycles. The van der Waals surface area contributed by atoms with Crippen LogP contribution in [0.4, 0.5) is 10.1 Å². The SMILES string of the molecule is O=C(NCc1ccc([N+](=O)[O-])cc1)c1cccc(F)c1Br. The van der Waals surface area contributed by atoms with E-state index in [4.69, 9.17) is 0 Å². The summed E-state index contributed by atoms with van der Waals surface area (Å²) < 4.78 is 13.4. The molecule has 0 aliphatic rings. The summed E-state index contributed by atoms with van der Waals surface area (Å²) >= 11 is 3.02. The third kappa shape index (κ3) is 3.63. The van der Waals surface area contributed by atoms with Crippen LogP contribution in [-0.4, -0.2) is 10.8 Å². The molecule has 1 amide bonds. The van der Waals surface area contributed by atoms with E-state index >= 15 is 0 Å². The summed E-state index contributed by atoms with van der Waals surface area (Å²) in [5, 5.41) is 13.2. The van der Waals surface area contributed by atoms with Gasteiger partial charge in [0.1, 0.15) is 5.82 Å². The molecule has 2 aromatic rings. The van der Waals surface area contributed by atoms with Gasteiger partial charge in [0.15, 0.2) is 0 Å². The van der Waals surface area contributed by atoms with Crippen LogP contribution < -0.4 is 5.32 Å². The number of benzene rings is 2. The molecule has 21 heavy (non-hydrogen) atoms. The number of rotatable bonds is 4. The number of amides is 1. The fraction of sp³-hybridized carbons (Fsp3) is 0.0714. The van der Waals surface area contributed by atoms with Crippen LogP contribution in [0, 0.1) is 15.9 Å². The second-order valence-electron chi connectivity index (χ2n) is 4.21. The highest BCUT2D eigenvalue weighted by Gasteiger charge is 2.12. The van der Waals surface area contributed by atoms with Gasteiger partial charge in [0.05, 0.1) is 15.0 Å². The molecule has 1 N–H and O–H groups in total. The molecule has 0 fully saturated rings. The van der Waals surface area contributed by atoms with Gasteiger partial charge in [-0.25, -0.2) is 4.39 Å². The molecule has 0 radical (unpaired) electrons. The van der Waals surface area contributed by atoms with Crippen LogP contribution in [0.2, 0.25) is 0 Å². The molecule has 108 valence electrons. The van der Waals surface area contributed by atoms with Crippen LogP contribution in [-0.2, 0) is 6.54 Å². The molecule has 0 bridgehead atoms. The monoisotopic (exact) mass is 352 g/mol. The molecule has 2 aromatic carbocycles. The average Bonchev–Trinajstić information content (AvgIpc) is 2.48. The van der Waals surface area contributed by atoms with Gasteiger partial charge in [-0.05, 0) is 33.6 Å². The summed E-state index contributed by atoms with van der Waals surface area (Å²) in [5.74, 6) is -0.947. The predicted octanol–water partition coefficient (Wildman–Crippen LogP) is 3.43. The molecule has 0 heterocycles. The van der Waals surface area contributed by atoms with Gasteiger partial charge >= 0.3 is 0 Å². The predicted molar refractivity (Wildman–Crippen MR) is 78.4 cm³/mol. The molecule has 0 atom stereocenters. The molecule has 2 rings (SSSR count). The maximum atomic E-state index is 13.3. The van der Waals surface area contributed by atoms with Crippen molar-refractivity contribution in [1.82, 2.24) is 5.32 Å². The van der Waals surface area contributed by atoms with E-state index in [1.165, 1.54) is 30.3 Å². The lowest BCUT2D eigenvalue weighted by molar-refractivity contribution is -0.384. The Balaban J connectivity index is 2.04. The molecular weight excluding hydrogens is 343 g/mol. The normalized spacial score (nSPS) is 10.2. The zero-order chi connectivity index (χ0) is 15.4. The number of hydrogen-bond acceptors (Lipinski definition) is 3. The summed E-state index contributed by atoms with van der Waals surface area (Å²) in [4.78, 5) is 22.0. The van der Waals surface area contributed by atoms with Crippen LogP contribution in [0.3, 0.4) is 0 Å². The second-order valence-corrected chi connectivity index (χ2v) is 5.00. The van der Waals surface area contributed by atoms with E-state index < -0.39 is 16.6 Å². The lowest BCUT2D eigenvalue weighted by atomic mass is 10.2. The lowest BCUT2D eigenvalue weighted by Gasteiger charge is -2.07. The van der Waals surface area contributed by atoms with Crippen LogP contribution >= 0.6 is 15.9 Å². The number of nitrogens with one attached hydrogen (secondary N) is 1. The number of non-ortho nitro benzene ring substituents is 1. The Kier molecular flexibility index (Phi) is 4.64. The zero-order valence-electron chi connectivity index (χ0n) is 10.7. The number of nitro groups is 1. The van der Waals surface area contributed by atoms with Crippen LogP contribution in [0.25, 0.3) is 0 Å². The zero-order valence-corrected chi connectivity index (χ0v) is 12.3. The largest absolute Gasteiger partial charge is 0.348 e. The third-order valence-electron chi connectivity index (χ3n) is 2.80. The van der Waals surface area contributed by atoms with Gasteiger partial charge in [-0.1, -0.05) is 18.2 Å². The van der Waals surface area contributed by atoms with Crippen molar-refractivity contribution in [2.24, 2.45) is 0 Å². The molecule has 0 saturated carbocycles. The molecule has 0 unspecified atom stereocenters. The summed E-state index contributed by atoms with van der Waals surface area (Å²) in [6.45, 7) is 0.194. The van der Waals surface area contributed by atoms with Crippen molar-refractivity contribution in [3.63, 3.8) is 0 Å². The van der Waals surface area contributed by atoms with Gasteiger partial charge < -0.3 is 5.32 Å². The summed E-state index contributed by atoms with van der Waals surface area (Å²) in [7, 11) is 0. The lowest BCUT2D eigenvalue weighted by Crippen LogP contribution is -2.23. The van der Waals surface area contributed by atoms with Gasteiger partial charge in [0, 0.05) is 18.7 Å². The average molecular weight is 353 g/mol. The minimum atomic E-state index is -0.516. The minimum Gasteiger partial charge on any atom is -0.348 e. The van der Waals surface area contributed by atoms with Crippen molar-refractivity contribution in [1.29, 1.82) is 0 Å². The fourth-order valence-corrected chi connectivity index (χ4v) is 2.14. The van der Waals surface area contributed by atoms with E-state index in [-0.39, 0.29) is 22.3 Å². The molecule has 0 saturated heterocycles. The maximum absolute atomic E-state index is 13.3. The topological polar surface area (TPSA) is 72.2 Å². The number of carbonyl (C=O) groups is 1. The number of carbonyl (C=O) groups excluding carboxylic acids is 1. The van der Waals surface area contributed by atoms with Crippen LogP contribution in [0.15, 0.2) is 46.9 Å². The highest BCUT2D eigenvalue weighted by molar-refractivity contribution is 9.10.